The molecule has 0 radical (unpaired) electrons. The topological polar surface area (TPSA) is 76.8 Å². The van der Waals surface area contributed by atoms with Crippen molar-refractivity contribution in [3.63, 3.8) is 0 Å². The fourth-order valence-corrected chi connectivity index (χ4v) is 4.87. The Morgan fingerprint density at radius 2 is 1.78 bits per heavy atom. The summed E-state index contributed by atoms with van der Waals surface area (Å²) in [6.07, 6.45) is 1.77. The Hall–Kier alpha value is -3.52. The molecule has 0 saturated carbocycles. The highest BCUT2D eigenvalue weighted by Crippen LogP contribution is 2.35. The number of rotatable bonds is 6. The molecule has 0 unspecified atom stereocenters. The largest absolute Gasteiger partial charge is 0.494 e. The number of carbonyl (C=O) groups is 1. The number of hydrogen-bond donors (Lipinski definition) is 0. The molecule has 0 N–H and O–H groups in total. The van der Waals surface area contributed by atoms with Crippen LogP contribution in [0.1, 0.15) is 32.3 Å². The zero-order valence-corrected chi connectivity index (χ0v) is 18.7. The van der Waals surface area contributed by atoms with Crippen molar-refractivity contribution in [3.05, 3.63) is 69.0 Å². The lowest BCUT2D eigenvalue weighted by molar-refractivity contribution is -0.113. The first kappa shape index (κ1) is 20.4. The lowest BCUT2D eigenvalue weighted by Gasteiger charge is -2.15. The van der Waals surface area contributed by atoms with Crippen molar-refractivity contribution in [1.82, 2.24) is 14.6 Å². The van der Waals surface area contributed by atoms with Crippen molar-refractivity contribution >= 4 is 33.5 Å². The van der Waals surface area contributed by atoms with Crippen LogP contribution in [0.2, 0.25) is 0 Å². The zero-order valence-electron chi connectivity index (χ0n) is 17.9. The van der Waals surface area contributed by atoms with Crippen molar-refractivity contribution in [1.29, 1.82) is 0 Å². The first-order valence-electron chi connectivity index (χ1n) is 10.7. The van der Waals surface area contributed by atoms with Crippen molar-refractivity contribution in [2.45, 2.75) is 26.7 Å². The van der Waals surface area contributed by atoms with Crippen LogP contribution in [0.5, 0.6) is 5.75 Å². The first-order valence-corrected chi connectivity index (χ1v) is 11.5. The number of hydrogen-bond acceptors (Lipinski definition) is 6. The Morgan fingerprint density at radius 1 is 1.00 bits per heavy atom. The van der Waals surface area contributed by atoms with E-state index in [-0.39, 0.29) is 11.5 Å². The number of carbonyl (C=O) groups excluding carboxylic acids is 1. The van der Waals surface area contributed by atoms with Gasteiger partial charge in [-0.2, -0.15) is 9.50 Å². The average molecular weight is 447 g/mol. The summed E-state index contributed by atoms with van der Waals surface area (Å²) >= 11 is 1.21. The number of anilines is 1. The van der Waals surface area contributed by atoms with E-state index in [1.54, 1.807) is 4.90 Å². The van der Waals surface area contributed by atoms with E-state index in [0.29, 0.717) is 34.0 Å². The highest BCUT2D eigenvalue weighted by molar-refractivity contribution is 7.15. The van der Waals surface area contributed by atoms with E-state index < -0.39 is 0 Å². The van der Waals surface area contributed by atoms with Gasteiger partial charge < -0.3 is 9.64 Å². The third kappa shape index (κ3) is 3.27. The molecular formula is C24H22N4O3S. The van der Waals surface area contributed by atoms with E-state index in [1.807, 2.05) is 55.5 Å². The number of aromatic nitrogens is 3. The van der Waals surface area contributed by atoms with E-state index in [9.17, 15) is 9.59 Å². The maximum Gasteiger partial charge on any atom is 0.291 e. The summed E-state index contributed by atoms with van der Waals surface area (Å²) in [5.74, 6) is 1.12. The third-order valence-electron chi connectivity index (χ3n) is 5.34. The Morgan fingerprint density at radius 3 is 2.50 bits per heavy atom. The quantitative estimate of drug-likeness (QED) is 0.454. The molecular weight excluding hydrogens is 424 g/mol. The molecule has 32 heavy (non-hydrogen) atoms. The van der Waals surface area contributed by atoms with E-state index in [0.717, 1.165) is 35.4 Å². The van der Waals surface area contributed by atoms with Gasteiger partial charge in [-0.05, 0) is 43.2 Å². The van der Waals surface area contributed by atoms with Crippen LogP contribution in [0.4, 0.5) is 5.69 Å². The monoisotopic (exact) mass is 446 g/mol. The van der Waals surface area contributed by atoms with Crippen LogP contribution >= 0.6 is 11.3 Å². The second kappa shape index (κ2) is 8.20. The van der Waals surface area contributed by atoms with E-state index in [1.165, 1.54) is 15.9 Å². The fraction of sp³-hybridized carbons (Fsp3) is 0.250. The molecule has 0 saturated heterocycles. The standard InChI is InChI=1S/C24H22N4O3S/c1-3-13-27-18-8-6-5-7-17(18)19(22(27)29)20-23(30)28-24(32-20)25-21(26-28)15-9-11-16(12-10-15)31-14-4-2/h5-12H,3-4,13-14H2,1-2H3/b20-19-. The summed E-state index contributed by atoms with van der Waals surface area (Å²) < 4.78 is 7.29. The molecule has 2 aromatic carbocycles. The lowest BCUT2D eigenvalue weighted by atomic mass is 10.1. The number of para-hydroxylation sites is 1. The smallest absolute Gasteiger partial charge is 0.291 e. The van der Waals surface area contributed by atoms with E-state index >= 15 is 0 Å². The molecule has 2 aromatic heterocycles. The molecule has 0 spiro atoms. The van der Waals surface area contributed by atoms with Gasteiger partial charge in [-0.15, -0.1) is 5.10 Å². The predicted octanol–water partition coefficient (Wildman–Crippen LogP) is 3.28. The number of amides is 1. The molecule has 8 heteroatoms. The Balaban J connectivity index is 1.59. The van der Waals surface area contributed by atoms with Gasteiger partial charge in [-0.1, -0.05) is 43.4 Å². The number of ether oxygens (including phenoxy) is 1. The fourth-order valence-electron chi connectivity index (χ4n) is 3.87. The normalized spacial score (nSPS) is 14.9. The van der Waals surface area contributed by atoms with Crippen LogP contribution in [0.25, 0.3) is 21.9 Å². The molecule has 5 rings (SSSR count). The van der Waals surface area contributed by atoms with Crippen LogP contribution in [0, 0.1) is 0 Å². The van der Waals surface area contributed by atoms with Crippen molar-refractivity contribution < 1.29 is 9.53 Å². The van der Waals surface area contributed by atoms with Crippen LogP contribution in [-0.4, -0.2) is 33.7 Å². The SMILES string of the molecule is CCCOc1ccc(-c2nc3s/c(=C4\C(=O)N(CCC)c5ccccc54)c(=O)n3n2)cc1. The van der Waals surface area contributed by atoms with Crippen LogP contribution in [0.15, 0.2) is 53.3 Å². The molecule has 0 aliphatic carbocycles. The number of thiazole rings is 1. The molecule has 3 heterocycles. The maximum atomic E-state index is 13.2. The van der Waals surface area contributed by atoms with Gasteiger partial charge in [-0.3, -0.25) is 9.59 Å². The Labute approximate surface area is 188 Å². The molecule has 4 aromatic rings. The number of benzene rings is 2. The zero-order chi connectivity index (χ0) is 22.2. The minimum Gasteiger partial charge on any atom is -0.494 e. The lowest BCUT2D eigenvalue weighted by Crippen LogP contribution is -2.32. The minimum absolute atomic E-state index is 0.141. The van der Waals surface area contributed by atoms with Crippen molar-refractivity contribution in [3.8, 4) is 17.1 Å². The highest BCUT2D eigenvalue weighted by atomic mass is 32.1. The summed E-state index contributed by atoms with van der Waals surface area (Å²) in [5.41, 5.74) is 2.56. The van der Waals surface area contributed by atoms with Gasteiger partial charge in [0.05, 0.1) is 17.9 Å². The Kier molecular flexibility index (Phi) is 5.22. The maximum absolute atomic E-state index is 13.2. The molecule has 1 amide bonds. The van der Waals surface area contributed by atoms with Gasteiger partial charge in [0.1, 0.15) is 10.3 Å². The van der Waals surface area contributed by atoms with Crippen molar-refractivity contribution in [2.75, 3.05) is 18.1 Å². The molecule has 7 nitrogen and oxygen atoms in total. The van der Waals surface area contributed by atoms with E-state index in [2.05, 4.69) is 17.0 Å². The summed E-state index contributed by atoms with van der Waals surface area (Å²) in [6, 6.07) is 15.1. The van der Waals surface area contributed by atoms with E-state index in [4.69, 9.17) is 4.74 Å². The number of fused-ring (bicyclic) bond motifs is 2. The molecule has 0 fully saturated rings. The van der Waals surface area contributed by atoms with Gasteiger partial charge >= 0.3 is 0 Å². The van der Waals surface area contributed by atoms with Crippen LogP contribution in [0.3, 0.4) is 0 Å². The second-order valence-corrected chi connectivity index (χ2v) is 8.57. The Bertz CT molecular complexity index is 1420. The predicted molar refractivity (Wildman–Crippen MR) is 125 cm³/mol. The molecule has 162 valence electrons. The summed E-state index contributed by atoms with van der Waals surface area (Å²) in [6.45, 7) is 5.36. The summed E-state index contributed by atoms with van der Waals surface area (Å²) in [5, 5.41) is 4.43. The second-order valence-electron chi connectivity index (χ2n) is 7.59. The van der Waals surface area contributed by atoms with Gasteiger partial charge in [0.2, 0.25) is 4.96 Å². The highest BCUT2D eigenvalue weighted by Gasteiger charge is 2.33. The van der Waals surface area contributed by atoms with Crippen LogP contribution < -0.4 is 19.7 Å². The van der Waals surface area contributed by atoms with Gasteiger partial charge in [0.15, 0.2) is 5.82 Å². The minimum atomic E-state index is -0.317. The van der Waals surface area contributed by atoms with Gasteiger partial charge in [0.25, 0.3) is 11.5 Å². The average Bonchev–Trinajstić information content (AvgIpc) is 3.44. The molecule has 0 atom stereocenters. The number of nitrogens with zero attached hydrogens (tertiary/aromatic N) is 4. The van der Waals surface area contributed by atoms with Crippen LogP contribution in [-0.2, 0) is 4.79 Å². The first-order chi connectivity index (χ1) is 15.6. The van der Waals surface area contributed by atoms with Gasteiger partial charge in [0, 0.05) is 17.7 Å². The summed E-state index contributed by atoms with van der Waals surface area (Å²) in [7, 11) is 0. The molecule has 1 aliphatic heterocycles. The summed E-state index contributed by atoms with van der Waals surface area (Å²) in [4.78, 5) is 33.2. The third-order valence-corrected chi connectivity index (χ3v) is 6.37. The molecule has 0 bridgehead atoms. The van der Waals surface area contributed by atoms with Crippen molar-refractivity contribution in [2.24, 2.45) is 0 Å². The molecule has 1 aliphatic rings. The van der Waals surface area contributed by atoms with Gasteiger partial charge in [-0.25, -0.2) is 0 Å².